The molecule has 1 fully saturated rings. The molecule has 5 nitrogen and oxygen atoms in total. The van der Waals surface area contributed by atoms with Gasteiger partial charge in [0.2, 0.25) is 0 Å². The van der Waals surface area contributed by atoms with Crippen LogP contribution in [0.15, 0.2) is 23.4 Å². The lowest BCUT2D eigenvalue weighted by atomic mass is 9.80. The minimum absolute atomic E-state index is 0.0185. The van der Waals surface area contributed by atoms with E-state index < -0.39 is 10.0 Å². The zero-order chi connectivity index (χ0) is 15.5. The molecule has 21 heavy (non-hydrogen) atoms. The number of sulfonamides is 1. The lowest BCUT2D eigenvalue weighted by Crippen LogP contribution is -2.42. The second kappa shape index (κ2) is 6.85. The first-order valence-corrected chi connectivity index (χ1v) is 9.02. The van der Waals surface area contributed by atoms with Crippen LogP contribution in [0.2, 0.25) is 0 Å². The number of hydrogen-bond donors (Lipinski definition) is 2. The molecule has 2 N–H and O–H groups in total. The fourth-order valence-corrected chi connectivity index (χ4v) is 4.29. The monoisotopic (exact) mass is 311 g/mol. The molecule has 1 aromatic rings. The van der Waals surface area contributed by atoms with Crippen molar-refractivity contribution in [3.63, 3.8) is 0 Å². The van der Waals surface area contributed by atoms with Gasteiger partial charge >= 0.3 is 0 Å². The molecular formula is C15H25N3O2S. The molecule has 0 bridgehead atoms. The van der Waals surface area contributed by atoms with Crippen LogP contribution in [0.3, 0.4) is 0 Å². The van der Waals surface area contributed by atoms with E-state index in [1.54, 1.807) is 18.3 Å². The first-order valence-electron chi connectivity index (χ1n) is 7.54. The Morgan fingerprint density at radius 3 is 2.62 bits per heavy atom. The smallest absolute Gasteiger partial charge is 0.258 e. The van der Waals surface area contributed by atoms with Crippen LogP contribution in [0.1, 0.15) is 38.7 Å². The standard InChI is InChI=1S/C15H25N3O2S/c1-11-4-6-14(12(2)8-11)18-21(19,20)15-7-5-13(9-16-3)10-17-15/h5,7,10-12,14,16,18H,4,6,8-9H2,1-3H3. The summed E-state index contributed by atoms with van der Waals surface area (Å²) < 4.78 is 27.6. The lowest BCUT2D eigenvalue weighted by molar-refractivity contribution is 0.249. The Balaban J connectivity index is 2.07. The van der Waals surface area contributed by atoms with Gasteiger partial charge in [0.15, 0.2) is 5.03 Å². The molecule has 1 heterocycles. The van der Waals surface area contributed by atoms with Gasteiger partial charge in [0, 0.05) is 18.8 Å². The number of nitrogens with one attached hydrogen (secondary N) is 2. The van der Waals surface area contributed by atoms with Crippen LogP contribution in [0.4, 0.5) is 0 Å². The lowest BCUT2D eigenvalue weighted by Gasteiger charge is -2.32. The second-order valence-electron chi connectivity index (χ2n) is 6.16. The van der Waals surface area contributed by atoms with Gasteiger partial charge < -0.3 is 5.32 Å². The van der Waals surface area contributed by atoms with E-state index in [0.717, 1.165) is 24.8 Å². The molecule has 1 saturated carbocycles. The van der Waals surface area contributed by atoms with Crippen LogP contribution >= 0.6 is 0 Å². The summed E-state index contributed by atoms with van der Waals surface area (Å²) in [5, 5.41) is 3.12. The van der Waals surface area contributed by atoms with Gasteiger partial charge in [0.05, 0.1) is 0 Å². The molecule has 0 amide bonds. The van der Waals surface area contributed by atoms with Crippen molar-refractivity contribution in [2.24, 2.45) is 11.8 Å². The summed E-state index contributed by atoms with van der Waals surface area (Å²) in [6, 6.07) is 3.39. The summed E-state index contributed by atoms with van der Waals surface area (Å²) in [6.45, 7) is 5.02. The van der Waals surface area contributed by atoms with E-state index in [4.69, 9.17) is 0 Å². The first kappa shape index (κ1) is 16.4. The number of aromatic nitrogens is 1. The van der Waals surface area contributed by atoms with Crippen molar-refractivity contribution in [3.05, 3.63) is 23.9 Å². The minimum Gasteiger partial charge on any atom is -0.316 e. The summed E-state index contributed by atoms with van der Waals surface area (Å²) >= 11 is 0. The van der Waals surface area contributed by atoms with E-state index in [1.807, 2.05) is 7.05 Å². The molecular weight excluding hydrogens is 286 g/mol. The highest BCUT2D eigenvalue weighted by Crippen LogP contribution is 2.29. The van der Waals surface area contributed by atoms with Gasteiger partial charge in [-0.3, -0.25) is 0 Å². The predicted molar refractivity (Wildman–Crippen MR) is 83.3 cm³/mol. The van der Waals surface area contributed by atoms with Crippen molar-refractivity contribution in [1.29, 1.82) is 0 Å². The van der Waals surface area contributed by atoms with Crippen molar-refractivity contribution >= 4 is 10.0 Å². The zero-order valence-electron chi connectivity index (χ0n) is 13.0. The molecule has 0 aromatic carbocycles. The fourth-order valence-electron chi connectivity index (χ4n) is 2.98. The Kier molecular flexibility index (Phi) is 5.35. The SMILES string of the molecule is CNCc1ccc(S(=O)(=O)NC2CCC(C)CC2C)nc1. The zero-order valence-corrected chi connectivity index (χ0v) is 13.8. The molecule has 3 atom stereocenters. The maximum Gasteiger partial charge on any atom is 0.258 e. The van der Waals surface area contributed by atoms with E-state index in [2.05, 4.69) is 28.9 Å². The van der Waals surface area contributed by atoms with Gasteiger partial charge in [-0.2, -0.15) is 0 Å². The predicted octanol–water partition coefficient (Wildman–Crippen LogP) is 1.90. The molecule has 2 rings (SSSR count). The molecule has 0 saturated heterocycles. The van der Waals surface area contributed by atoms with Gasteiger partial charge in [-0.1, -0.05) is 19.9 Å². The van der Waals surface area contributed by atoms with E-state index in [1.165, 1.54) is 0 Å². The van der Waals surface area contributed by atoms with E-state index in [0.29, 0.717) is 18.4 Å². The Labute approximate surface area is 127 Å². The fraction of sp³-hybridized carbons (Fsp3) is 0.667. The Hall–Kier alpha value is -0.980. The average Bonchev–Trinajstić information content (AvgIpc) is 2.43. The Morgan fingerprint density at radius 2 is 2.05 bits per heavy atom. The van der Waals surface area contributed by atoms with E-state index in [9.17, 15) is 8.42 Å². The molecule has 0 aliphatic heterocycles. The van der Waals surface area contributed by atoms with Gasteiger partial charge in [0.1, 0.15) is 0 Å². The highest BCUT2D eigenvalue weighted by Gasteiger charge is 2.29. The number of rotatable bonds is 5. The summed E-state index contributed by atoms with van der Waals surface area (Å²) in [5.74, 6) is 1.05. The molecule has 1 aliphatic carbocycles. The Bertz CT molecular complexity index is 557. The van der Waals surface area contributed by atoms with Crippen LogP contribution in [-0.2, 0) is 16.6 Å². The third-order valence-electron chi connectivity index (χ3n) is 4.19. The van der Waals surface area contributed by atoms with Crippen LogP contribution in [0.25, 0.3) is 0 Å². The third-order valence-corrected chi connectivity index (χ3v) is 5.60. The minimum atomic E-state index is -3.52. The van der Waals surface area contributed by atoms with Crippen LogP contribution < -0.4 is 10.0 Å². The van der Waals surface area contributed by atoms with Crippen molar-refractivity contribution in [3.8, 4) is 0 Å². The largest absolute Gasteiger partial charge is 0.316 e. The summed E-state index contributed by atoms with van der Waals surface area (Å²) in [5.41, 5.74) is 0.969. The van der Waals surface area contributed by atoms with Crippen LogP contribution in [0.5, 0.6) is 0 Å². The molecule has 1 aromatic heterocycles. The maximum absolute atomic E-state index is 12.4. The van der Waals surface area contributed by atoms with Crippen LogP contribution in [0, 0.1) is 11.8 Å². The van der Waals surface area contributed by atoms with Gasteiger partial charge in [-0.15, -0.1) is 0 Å². The van der Waals surface area contributed by atoms with Crippen molar-refractivity contribution in [2.75, 3.05) is 7.05 Å². The molecule has 3 unspecified atom stereocenters. The normalized spacial score (nSPS) is 26.7. The van der Waals surface area contributed by atoms with Crippen molar-refractivity contribution in [1.82, 2.24) is 15.0 Å². The number of pyridine rings is 1. The first-order chi connectivity index (χ1) is 9.92. The quantitative estimate of drug-likeness (QED) is 0.871. The third kappa shape index (κ3) is 4.25. The van der Waals surface area contributed by atoms with Gasteiger partial charge in [0.25, 0.3) is 10.0 Å². The van der Waals surface area contributed by atoms with E-state index in [-0.39, 0.29) is 11.1 Å². The van der Waals surface area contributed by atoms with Crippen molar-refractivity contribution < 1.29 is 8.42 Å². The molecule has 1 aliphatic rings. The van der Waals surface area contributed by atoms with Gasteiger partial charge in [-0.25, -0.2) is 18.1 Å². The van der Waals surface area contributed by atoms with Crippen molar-refractivity contribution in [2.45, 2.75) is 50.7 Å². The number of nitrogens with zero attached hydrogens (tertiary/aromatic N) is 1. The summed E-state index contributed by atoms with van der Waals surface area (Å²) in [4.78, 5) is 4.08. The maximum atomic E-state index is 12.4. The van der Waals surface area contributed by atoms with Gasteiger partial charge in [-0.05, 0) is 49.8 Å². The molecule has 0 radical (unpaired) electrons. The second-order valence-corrected chi connectivity index (χ2v) is 7.82. The molecule has 118 valence electrons. The average molecular weight is 311 g/mol. The highest BCUT2D eigenvalue weighted by molar-refractivity contribution is 7.89. The van der Waals surface area contributed by atoms with E-state index >= 15 is 0 Å². The summed E-state index contributed by atoms with van der Waals surface area (Å²) in [7, 11) is -1.68. The topological polar surface area (TPSA) is 71.1 Å². The highest BCUT2D eigenvalue weighted by atomic mass is 32.2. The Morgan fingerprint density at radius 1 is 1.29 bits per heavy atom. The molecule has 0 spiro atoms. The number of hydrogen-bond acceptors (Lipinski definition) is 4. The van der Waals surface area contributed by atoms with Crippen LogP contribution in [-0.4, -0.2) is 26.5 Å². The summed E-state index contributed by atoms with van der Waals surface area (Å²) in [6.07, 6.45) is 4.66. The molecule has 6 heteroatoms.